The average molecular weight is 248 g/mol. The van der Waals surface area contributed by atoms with Gasteiger partial charge in [-0.15, -0.1) is 0 Å². The van der Waals surface area contributed by atoms with Gasteiger partial charge in [0.05, 0.1) is 25.4 Å². The molecule has 5 atom stereocenters. The zero-order valence-electron chi connectivity index (χ0n) is 8.91. The summed E-state index contributed by atoms with van der Waals surface area (Å²) in [6.07, 6.45) is -1.50. The highest BCUT2D eigenvalue weighted by Gasteiger charge is 2.48. The maximum atomic E-state index is 9.90. The first-order chi connectivity index (χ1) is 7.71. The maximum absolute atomic E-state index is 9.90. The molecule has 0 saturated carbocycles. The molecule has 2 rings (SSSR count). The quantitative estimate of drug-likeness (QED) is 0.468. The Labute approximate surface area is 97.7 Å². The molecular weight excluding hydrogens is 232 g/mol. The average Bonchev–Trinajstić information content (AvgIpc) is 2.71. The summed E-state index contributed by atoms with van der Waals surface area (Å²) in [4.78, 5) is 4.02. The Morgan fingerprint density at radius 2 is 2.19 bits per heavy atom. The van der Waals surface area contributed by atoms with Crippen LogP contribution in [0.1, 0.15) is 0 Å². The normalized spacial score (nSPS) is 45.5. The van der Waals surface area contributed by atoms with Crippen LogP contribution >= 0.6 is 11.8 Å². The molecule has 0 aromatic heterocycles. The summed E-state index contributed by atoms with van der Waals surface area (Å²) in [5.74, 6) is -0.345. The first-order valence-electron chi connectivity index (χ1n) is 5.16. The number of fused-ring (bicyclic) bond motifs is 1. The summed E-state index contributed by atoms with van der Waals surface area (Å²) in [6, 6.07) is -0.161. The van der Waals surface area contributed by atoms with Gasteiger partial charge in [0.15, 0.2) is 5.17 Å². The first kappa shape index (κ1) is 12.1. The predicted molar refractivity (Wildman–Crippen MR) is 60.2 cm³/mol. The molecule has 2 aliphatic rings. The summed E-state index contributed by atoms with van der Waals surface area (Å²) < 4.78 is 5.54. The summed E-state index contributed by atoms with van der Waals surface area (Å²) >= 11 is 1.42. The summed E-state index contributed by atoms with van der Waals surface area (Å²) in [7, 11) is 1.67. The molecule has 2 saturated heterocycles. The molecular formula is C9H16N2O4S. The number of hydrogen-bond donors (Lipinski definition) is 4. The van der Waals surface area contributed by atoms with E-state index in [2.05, 4.69) is 10.3 Å². The fourth-order valence-electron chi connectivity index (χ4n) is 2.08. The second-order valence-electron chi connectivity index (χ2n) is 3.88. The van der Waals surface area contributed by atoms with Crippen LogP contribution in [0.5, 0.6) is 0 Å². The third-order valence-electron chi connectivity index (χ3n) is 2.99. The number of nitrogens with zero attached hydrogens (tertiary/aromatic N) is 1. The molecule has 2 aliphatic heterocycles. The lowest BCUT2D eigenvalue weighted by molar-refractivity contribution is -0.150. The van der Waals surface area contributed by atoms with Crippen molar-refractivity contribution in [1.29, 1.82) is 0 Å². The second-order valence-corrected chi connectivity index (χ2v) is 4.97. The van der Waals surface area contributed by atoms with Crippen molar-refractivity contribution in [2.24, 2.45) is 10.9 Å². The molecule has 6 nitrogen and oxygen atoms in total. The Bertz CT molecular complexity index is 289. The van der Waals surface area contributed by atoms with Crippen LogP contribution in [0.4, 0.5) is 0 Å². The number of ether oxygens (including phenoxy) is 1. The summed E-state index contributed by atoms with van der Waals surface area (Å²) in [5, 5.41) is 32.1. The van der Waals surface area contributed by atoms with E-state index in [0.29, 0.717) is 0 Å². The minimum absolute atomic E-state index is 0.146. The van der Waals surface area contributed by atoms with Crippen LogP contribution in [0, 0.1) is 5.92 Å². The van der Waals surface area contributed by atoms with Crippen molar-refractivity contribution in [2.45, 2.75) is 23.7 Å². The maximum Gasteiger partial charge on any atom is 0.159 e. The monoisotopic (exact) mass is 248 g/mol. The van der Waals surface area contributed by atoms with Gasteiger partial charge in [0, 0.05) is 13.0 Å². The minimum Gasteiger partial charge on any atom is -0.396 e. The highest BCUT2D eigenvalue weighted by Crippen LogP contribution is 2.36. The molecule has 92 valence electrons. The van der Waals surface area contributed by atoms with Gasteiger partial charge in [0.1, 0.15) is 11.5 Å². The topological polar surface area (TPSA) is 94.3 Å². The number of aliphatic imine (C=N–C) groups is 1. The minimum atomic E-state index is -0.861. The second kappa shape index (κ2) is 4.89. The number of aliphatic hydroxyl groups excluding tert-OH is 3. The summed E-state index contributed by atoms with van der Waals surface area (Å²) in [6.45, 7) is -0.396. The van der Waals surface area contributed by atoms with Crippen LogP contribution in [0.3, 0.4) is 0 Å². The number of thioether (sulfide) groups is 1. The molecule has 16 heavy (non-hydrogen) atoms. The van der Waals surface area contributed by atoms with Crippen molar-refractivity contribution in [1.82, 2.24) is 5.32 Å². The molecule has 0 aromatic carbocycles. The number of aliphatic hydroxyl groups is 3. The summed E-state index contributed by atoms with van der Waals surface area (Å²) in [5.41, 5.74) is -0.212. The van der Waals surface area contributed by atoms with Gasteiger partial charge in [-0.1, -0.05) is 11.8 Å². The van der Waals surface area contributed by atoms with Crippen molar-refractivity contribution < 1.29 is 20.1 Å². The molecule has 2 fully saturated rings. The number of amidine groups is 1. The van der Waals surface area contributed by atoms with Crippen molar-refractivity contribution in [3.8, 4) is 0 Å². The third kappa shape index (κ3) is 1.93. The van der Waals surface area contributed by atoms with Crippen LogP contribution in [0.2, 0.25) is 0 Å². The van der Waals surface area contributed by atoms with E-state index in [4.69, 9.17) is 9.84 Å². The number of hydrogen-bond acceptors (Lipinski definition) is 6. The van der Waals surface area contributed by atoms with Gasteiger partial charge in [-0.25, -0.2) is 0 Å². The molecule has 2 unspecified atom stereocenters. The fourth-order valence-corrected chi connectivity index (χ4v) is 3.22. The SMILES string of the molecule is CN=C1N[C@@H]2C(CO)[C@H](O)C(CO)O[C@@H]2S1. The molecule has 0 aliphatic carbocycles. The van der Waals surface area contributed by atoms with Gasteiger partial charge >= 0.3 is 0 Å². The Morgan fingerprint density at radius 3 is 2.75 bits per heavy atom. The lowest BCUT2D eigenvalue weighted by Crippen LogP contribution is -2.57. The van der Waals surface area contributed by atoms with E-state index >= 15 is 0 Å². The van der Waals surface area contributed by atoms with E-state index in [9.17, 15) is 10.2 Å². The van der Waals surface area contributed by atoms with Gasteiger partial charge < -0.3 is 25.4 Å². The van der Waals surface area contributed by atoms with Crippen LogP contribution in [0.15, 0.2) is 4.99 Å². The van der Waals surface area contributed by atoms with E-state index in [1.807, 2.05) is 0 Å². The first-order valence-corrected chi connectivity index (χ1v) is 6.04. The van der Waals surface area contributed by atoms with Crippen molar-refractivity contribution >= 4 is 16.9 Å². The zero-order chi connectivity index (χ0) is 11.7. The molecule has 0 amide bonds. The number of rotatable bonds is 2. The van der Waals surface area contributed by atoms with Crippen molar-refractivity contribution in [3.63, 3.8) is 0 Å². The standard InChI is InChI=1S/C9H16N2O4S/c1-10-9-11-6-4(2-12)7(14)5(3-13)15-8(6)16-9/h4-8,12-14H,2-3H2,1H3,(H,10,11)/t4?,5?,6-,7+,8-/m1/s1. The lowest BCUT2D eigenvalue weighted by Gasteiger charge is -2.40. The molecule has 7 heteroatoms. The molecule has 0 radical (unpaired) electrons. The fraction of sp³-hybridized carbons (Fsp3) is 0.889. The lowest BCUT2D eigenvalue weighted by atomic mass is 9.89. The van der Waals surface area contributed by atoms with Crippen molar-refractivity contribution in [3.05, 3.63) is 0 Å². The van der Waals surface area contributed by atoms with Gasteiger partial charge in [-0.05, 0) is 0 Å². The largest absolute Gasteiger partial charge is 0.396 e. The molecule has 0 aromatic rings. The zero-order valence-corrected chi connectivity index (χ0v) is 9.72. The van der Waals surface area contributed by atoms with E-state index in [1.54, 1.807) is 7.05 Å². The molecule has 2 heterocycles. The van der Waals surface area contributed by atoms with Gasteiger partial charge in [-0.3, -0.25) is 4.99 Å². The highest BCUT2D eigenvalue weighted by molar-refractivity contribution is 8.14. The van der Waals surface area contributed by atoms with Gasteiger partial charge in [-0.2, -0.15) is 0 Å². The third-order valence-corrected chi connectivity index (χ3v) is 4.16. The van der Waals surface area contributed by atoms with E-state index < -0.39 is 12.2 Å². The molecule has 0 bridgehead atoms. The van der Waals surface area contributed by atoms with E-state index in [0.717, 1.165) is 5.17 Å². The van der Waals surface area contributed by atoms with Crippen LogP contribution in [-0.4, -0.2) is 64.4 Å². The molecule has 4 N–H and O–H groups in total. The van der Waals surface area contributed by atoms with Crippen LogP contribution < -0.4 is 5.32 Å². The van der Waals surface area contributed by atoms with Crippen LogP contribution in [-0.2, 0) is 4.74 Å². The highest BCUT2D eigenvalue weighted by atomic mass is 32.2. The Morgan fingerprint density at radius 1 is 1.44 bits per heavy atom. The Kier molecular flexibility index (Phi) is 3.70. The van der Waals surface area contributed by atoms with E-state index in [-0.39, 0.29) is 30.6 Å². The van der Waals surface area contributed by atoms with Crippen molar-refractivity contribution in [2.75, 3.05) is 20.3 Å². The van der Waals surface area contributed by atoms with E-state index in [1.165, 1.54) is 11.8 Å². The Hall–Kier alpha value is -0.340. The Balaban J connectivity index is 2.16. The van der Waals surface area contributed by atoms with Gasteiger partial charge in [0.2, 0.25) is 0 Å². The van der Waals surface area contributed by atoms with Crippen LogP contribution in [0.25, 0.3) is 0 Å². The van der Waals surface area contributed by atoms with Gasteiger partial charge in [0.25, 0.3) is 0 Å². The number of nitrogens with one attached hydrogen (secondary N) is 1. The predicted octanol–water partition coefficient (Wildman–Crippen LogP) is -1.64. The molecule has 0 spiro atoms. The smallest absolute Gasteiger partial charge is 0.159 e.